The van der Waals surface area contributed by atoms with Crippen molar-refractivity contribution in [2.45, 2.75) is 45.7 Å². The number of aryl methyl sites for hydroxylation is 1. The topological polar surface area (TPSA) is 36.3 Å². The van der Waals surface area contributed by atoms with Gasteiger partial charge < -0.3 is 19.7 Å². The lowest BCUT2D eigenvalue weighted by atomic mass is 9.96. The number of nitrogens with one attached hydrogen (secondary N) is 1. The van der Waals surface area contributed by atoms with Crippen LogP contribution in [0.1, 0.15) is 54.5 Å². The van der Waals surface area contributed by atoms with Crippen LogP contribution in [0.3, 0.4) is 0 Å². The highest BCUT2D eigenvalue weighted by atomic mass is 35.5. The molecule has 2 atom stereocenters. The summed E-state index contributed by atoms with van der Waals surface area (Å²) in [5.41, 5.74) is 6.82. The number of hydrogen-bond donors (Lipinski definition) is 1. The molecule has 8 heteroatoms. The second-order valence-corrected chi connectivity index (χ2v) is 11.7. The fourth-order valence-corrected chi connectivity index (χ4v) is 6.84. The minimum atomic E-state index is -0.263. The van der Waals surface area contributed by atoms with Gasteiger partial charge in [-0.25, -0.2) is 4.39 Å². The summed E-state index contributed by atoms with van der Waals surface area (Å²) in [6.45, 7) is 8.47. The number of piperidine rings is 1. The smallest absolute Gasteiger partial charge is 0.174 e. The van der Waals surface area contributed by atoms with Gasteiger partial charge in [-0.15, -0.1) is 0 Å². The van der Waals surface area contributed by atoms with Gasteiger partial charge in [0.2, 0.25) is 0 Å². The van der Waals surface area contributed by atoms with Gasteiger partial charge in [0.15, 0.2) is 5.11 Å². The zero-order valence-electron chi connectivity index (χ0n) is 22.9. The maximum Gasteiger partial charge on any atom is 0.174 e. The SMILES string of the molecule is Cc1cc([C@H]2[C@@H](c3ccccn3)NC(=S)N2c2ccc(N3CCC(C)CC3)c(Cl)c2)c(C)n1-c1cccc(F)c1. The minimum Gasteiger partial charge on any atom is -0.370 e. The van der Waals surface area contributed by atoms with E-state index in [-0.39, 0.29) is 17.9 Å². The van der Waals surface area contributed by atoms with Crippen molar-refractivity contribution in [3.63, 3.8) is 0 Å². The van der Waals surface area contributed by atoms with Crippen molar-refractivity contribution in [2.24, 2.45) is 5.92 Å². The summed E-state index contributed by atoms with van der Waals surface area (Å²) in [4.78, 5) is 9.22. The van der Waals surface area contributed by atoms with Crippen molar-refractivity contribution in [3.05, 3.63) is 106 Å². The lowest BCUT2D eigenvalue weighted by molar-refractivity contribution is 0.438. The molecule has 2 fully saturated rings. The van der Waals surface area contributed by atoms with Crippen LogP contribution in [0.2, 0.25) is 5.02 Å². The molecule has 0 aliphatic carbocycles. The Bertz CT molecular complexity index is 1550. The molecule has 2 saturated heterocycles. The van der Waals surface area contributed by atoms with Gasteiger partial charge in [-0.3, -0.25) is 4.98 Å². The summed E-state index contributed by atoms with van der Waals surface area (Å²) >= 11 is 12.9. The summed E-state index contributed by atoms with van der Waals surface area (Å²) in [7, 11) is 0. The van der Waals surface area contributed by atoms with Crippen molar-refractivity contribution < 1.29 is 4.39 Å². The third-order valence-electron chi connectivity index (χ3n) is 8.29. The molecule has 4 heterocycles. The van der Waals surface area contributed by atoms with E-state index < -0.39 is 0 Å². The molecule has 0 unspecified atom stereocenters. The van der Waals surface area contributed by atoms with Gasteiger partial charge >= 0.3 is 0 Å². The van der Waals surface area contributed by atoms with Crippen LogP contribution >= 0.6 is 23.8 Å². The van der Waals surface area contributed by atoms with Crippen LogP contribution in [-0.2, 0) is 0 Å². The minimum absolute atomic E-state index is 0.183. The Hall–Kier alpha value is -3.42. The Labute approximate surface area is 245 Å². The van der Waals surface area contributed by atoms with Crippen molar-refractivity contribution in [1.82, 2.24) is 14.9 Å². The third kappa shape index (κ3) is 4.86. The molecule has 2 aromatic carbocycles. The molecule has 5 nitrogen and oxygen atoms in total. The Morgan fingerprint density at radius 2 is 1.77 bits per heavy atom. The summed E-state index contributed by atoms with van der Waals surface area (Å²) < 4.78 is 16.3. The summed E-state index contributed by atoms with van der Waals surface area (Å²) in [5.74, 6) is 0.485. The third-order valence-corrected chi connectivity index (χ3v) is 8.90. The lowest BCUT2D eigenvalue weighted by Crippen LogP contribution is -2.33. The largest absolute Gasteiger partial charge is 0.370 e. The number of rotatable bonds is 5. The average molecular weight is 574 g/mol. The average Bonchev–Trinajstić information content (AvgIpc) is 3.44. The molecule has 6 rings (SSSR count). The van der Waals surface area contributed by atoms with Crippen molar-refractivity contribution in [1.29, 1.82) is 0 Å². The van der Waals surface area contributed by atoms with Crippen LogP contribution in [0.25, 0.3) is 5.69 Å². The van der Waals surface area contributed by atoms with E-state index >= 15 is 0 Å². The van der Waals surface area contributed by atoms with Crippen LogP contribution in [-0.4, -0.2) is 27.8 Å². The van der Waals surface area contributed by atoms with E-state index in [2.05, 4.69) is 56.7 Å². The number of aromatic nitrogens is 2. The molecule has 206 valence electrons. The van der Waals surface area contributed by atoms with Gasteiger partial charge in [-0.05, 0) is 105 Å². The maximum absolute atomic E-state index is 14.2. The molecule has 0 radical (unpaired) electrons. The van der Waals surface area contributed by atoms with Crippen LogP contribution < -0.4 is 15.1 Å². The first-order valence-corrected chi connectivity index (χ1v) is 14.6. The molecule has 2 aliphatic rings. The van der Waals surface area contributed by atoms with Crippen molar-refractivity contribution >= 4 is 40.3 Å². The second kappa shape index (κ2) is 10.9. The molecule has 0 saturated carbocycles. The predicted octanol–water partition coefficient (Wildman–Crippen LogP) is 7.70. The van der Waals surface area contributed by atoms with E-state index in [9.17, 15) is 4.39 Å². The van der Waals surface area contributed by atoms with E-state index in [1.54, 1.807) is 18.3 Å². The highest BCUT2D eigenvalue weighted by Crippen LogP contribution is 2.45. The number of nitrogens with zero attached hydrogens (tertiary/aromatic N) is 4. The molecular formula is C32H33ClFN5S. The molecule has 40 heavy (non-hydrogen) atoms. The maximum atomic E-state index is 14.2. The molecule has 4 aromatic rings. The Balaban J connectivity index is 1.44. The molecule has 2 aromatic heterocycles. The van der Waals surface area contributed by atoms with Gasteiger partial charge in [-0.1, -0.05) is 30.7 Å². The van der Waals surface area contributed by atoms with Gasteiger partial charge in [0.25, 0.3) is 0 Å². The first-order valence-electron chi connectivity index (χ1n) is 13.8. The first kappa shape index (κ1) is 26.8. The van der Waals surface area contributed by atoms with E-state index in [0.717, 1.165) is 63.7 Å². The Morgan fingerprint density at radius 1 is 0.975 bits per heavy atom. The number of anilines is 2. The molecule has 0 amide bonds. The quantitative estimate of drug-likeness (QED) is 0.248. The predicted molar refractivity (Wildman–Crippen MR) is 165 cm³/mol. The Kier molecular flexibility index (Phi) is 7.27. The highest BCUT2D eigenvalue weighted by molar-refractivity contribution is 7.80. The second-order valence-electron chi connectivity index (χ2n) is 10.9. The van der Waals surface area contributed by atoms with Crippen molar-refractivity contribution in [3.8, 4) is 5.69 Å². The number of benzene rings is 2. The lowest BCUT2D eigenvalue weighted by Gasteiger charge is -2.33. The van der Waals surface area contributed by atoms with Gasteiger partial charge in [0, 0.05) is 42.0 Å². The summed E-state index contributed by atoms with van der Waals surface area (Å²) in [6.07, 6.45) is 4.15. The normalized spacial score (nSPS) is 19.8. The standard InChI is InChI=1S/C32H33ClFN5S/c1-20-12-15-37(16-13-20)29-11-10-25(19-27(29)33)39-31(30(36-32(39)40)28-9-4-5-14-35-28)26-17-21(2)38(22(26)3)24-8-6-7-23(34)18-24/h4-11,14,17-20,30-31H,12-13,15-16H2,1-3H3,(H,36,40)/t30-,31+/m1/s1. The fourth-order valence-electron chi connectivity index (χ4n) is 6.20. The number of halogens is 2. The van der Waals surface area contributed by atoms with E-state index in [0.29, 0.717) is 5.11 Å². The van der Waals surface area contributed by atoms with Gasteiger partial charge in [-0.2, -0.15) is 0 Å². The van der Waals surface area contributed by atoms with E-state index in [1.165, 1.54) is 18.9 Å². The number of thiocarbonyl (C=S) groups is 1. The molecule has 0 spiro atoms. The Morgan fingerprint density at radius 3 is 2.48 bits per heavy atom. The first-order chi connectivity index (χ1) is 19.3. The van der Waals surface area contributed by atoms with Crippen LogP contribution in [0.15, 0.2) is 72.9 Å². The monoisotopic (exact) mass is 573 g/mol. The van der Waals surface area contributed by atoms with E-state index in [1.807, 2.05) is 37.3 Å². The highest BCUT2D eigenvalue weighted by Gasteiger charge is 2.42. The van der Waals surface area contributed by atoms with E-state index in [4.69, 9.17) is 23.8 Å². The van der Waals surface area contributed by atoms with Crippen LogP contribution in [0.5, 0.6) is 0 Å². The molecule has 1 N–H and O–H groups in total. The van der Waals surface area contributed by atoms with Crippen LogP contribution in [0, 0.1) is 25.6 Å². The zero-order valence-corrected chi connectivity index (χ0v) is 24.5. The zero-order chi connectivity index (χ0) is 28.0. The molecule has 2 aliphatic heterocycles. The summed E-state index contributed by atoms with van der Waals surface area (Å²) in [6, 6.07) is 20.7. The number of hydrogen-bond acceptors (Lipinski definition) is 3. The van der Waals surface area contributed by atoms with Crippen molar-refractivity contribution in [2.75, 3.05) is 22.9 Å². The number of pyridine rings is 1. The van der Waals surface area contributed by atoms with Gasteiger partial charge in [0.05, 0.1) is 28.5 Å². The molecule has 0 bridgehead atoms. The van der Waals surface area contributed by atoms with Gasteiger partial charge in [0.1, 0.15) is 5.82 Å². The molecular weight excluding hydrogens is 541 g/mol. The fraction of sp³-hybridized carbons (Fsp3) is 0.312. The summed E-state index contributed by atoms with van der Waals surface area (Å²) in [5, 5.41) is 4.89. The van der Waals surface area contributed by atoms with Crippen LogP contribution in [0.4, 0.5) is 15.8 Å².